The van der Waals surface area contributed by atoms with Gasteiger partial charge in [-0.05, 0) is 188 Å². The van der Waals surface area contributed by atoms with E-state index < -0.39 is 0 Å². The fourth-order valence-electron chi connectivity index (χ4n) is 10.2. The van der Waals surface area contributed by atoms with Crippen LogP contribution in [0.3, 0.4) is 0 Å². The summed E-state index contributed by atoms with van der Waals surface area (Å²) in [5.74, 6) is 29.6. The normalized spacial score (nSPS) is 10.7. The van der Waals surface area contributed by atoms with Gasteiger partial charge in [0, 0.05) is 44.5 Å². The fraction of sp³-hybridized carbons (Fsp3) is 0.167. The van der Waals surface area contributed by atoms with Crippen LogP contribution in [0.1, 0.15) is 111 Å². The van der Waals surface area contributed by atoms with Crippen LogP contribution in [0.2, 0.25) is 0 Å². The molecule has 0 heterocycles. The highest BCUT2D eigenvalue weighted by Crippen LogP contribution is 2.40. The zero-order chi connectivity index (χ0) is 47.3. The van der Waals surface area contributed by atoms with Gasteiger partial charge < -0.3 is 0 Å². The summed E-state index contributed by atoms with van der Waals surface area (Å²) in [6.07, 6.45) is 0. The highest BCUT2D eigenvalue weighted by molar-refractivity contribution is 6.18. The summed E-state index contributed by atoms with van der Waals surface area (Å²) in [6.45, 7) is 23.4. The molecule has 1 nitrogen and oxygen atoms in total. The van der Waals surface area contributed by atoms with E-state index in [1.165, 1.54) is 16.7 Å². The molecule has 0 aliphatic rings. The van der Waals surface area contributed by atoms with Gasteiger partial charge in [0.2, 0.25) is 0 Å². The van der Waals surface area contributed by atoms with Crippen LogP contribution >= 0.6 is 0 Å². The molecule has 0 fully saturated rings. The standard InChI is InChI=1S/C66H51N/c1-39-28-42(4)51(43(5)29-39)20-24-59-55-16-12-13-17-56(55)60(25-21-52-44(6)30-40(2)31-45(52)7)64-37-66-62(27-23-54-48(10)34-50(38-67)35-49(54)11)58-19-15-14-18-57(58)61(65(66)36-63(59)64)26-22-53-46(8)32-41(3)33-47(53)9/h12-19,28-37H,1-11H3. The summed E-state index contributed by atoms with van der Waals surface area (Å²) in [7, 11) is 0. The van der Waals surface area contributed by atoms with Gasteiger partial charge in [0.15, 0.2) is 0 Å². The van der Waals surface area contributed by atoms with Crippen LogP contribution < -0.4 is 0 Å². The Kier molecular flexibility index (Phi) is 11.6. The number of nitriles is 1. The number of fused-ring (bicyclic) bond motifs is 4. The average Bonchev–Trinajstić information content (AvgIpc) is 3.27. The summed E-state index contributed by atoms with van der Waals surface area (Å²) >= 11 is 0. The Balaban J connectivity index is 1.48. The van der Waals surface area contributed by atoms with E-state index in [-0.39, 0.29) is 0 Å². The number of benzene rings is 9. The van der Waals surface area contributed by atoms with Crippen molar-refractivity contribution < 1.29 is 0 Å². The second-order valence-corrected chi connectivity index (χ2v) is 18.5. The molecule has 0 saturated heterocycles. The number of hydrogen-bond acceptors (Lipinski definition) is 1. The van der Waals surface area contributed by atoms with Gasteiger partial charge in [-0.15, -0.1) is 0 Å². The average molecular weight is 858 g/mol. The second kappa shape index (κ2) is 17.6. The van der Waals surface area contributed by atoms with Crippen LogP contribution in [0.5, 0.6) is 0 Å². The highest BCUT2D eigenvalue weighted by Gasteiger charge is 2.19. The van der Waals surface area contributed by atoms with Crippen LogP contribution in [0.25, 0.3) is 43.1 Å². The SMILES string of the molecule is Cc1cc(C)c(C#Cc2c3ccccc3c(C#Cc3c(C)cc(C)cc3C)c3cc4c(C#Cc5c(C)cc(C#N)cc5C)c5ccccc5c(C#Cc5c(C)cc(C)cc5C)c4cc23)c(C)c1. The first-order valence-corrected chi connectivity index (χ1v) is 22.9. The fourth-order valence-corrected chi connectivity index (χ4v) is 10.2. The third kappa shape index (κ3) is 8.22. The molecule has 67 heavy (non-hydrogen) atoms. The molecule has 9 aromatic rings. The lowest BCUT2D eigenvalue weighted by atomic mass is 9.85. The first-order valence-electron chi connectivity index (χ1n) is 22.9. The predicted molar refractivity (Wildman–Crippen MR) is 283 cm³/mol. The van der Waals surface area contributed by atoms with Gasteiger partial charge in [-0.2, -0.15) is 5.26 Å². The van der Waals surface area contributed by atoms with Crippen LogP contribution in [0.15, 0.2) is 109 Å². The zero-order valence-electron chi connectivity index (χ0n) is 40.3. The molecule has 0 saturated carbocycles. The third-order valence-electron chi connectivity index (χ3n) is 13.1. The molecular formula is C66H51N. The Morgan fingerprint density at radius 3 is 0.687 bits per heavy atom. The lowest BCUT2D eigenvalue weighted by Gasteiger charge is -2.16. The van der Waals surface area contributed by atoms with Crippen molar-refractivity contribution in [3.05, 3.63) is 220 Å². The topological polar surface area (TPSA) is 23.8 Å². The Bertz CT molecular complexity index is 3850. The number of aryl methyl sites for hydroxylation is 11. The molecule has 1 heteroatoms. The van der Waals surface area contributed by atoms with Gasteiger partial charge in [0.05, 0.1) is 11.6 Å². The first kappa shape index (κ1) is 44.0. The molecule has 0 spiro atoms. The van der Waals surface area contributed by atoms with Gasteiger partial charge in [0.1, 0.15) is 0 Å². The summed E-state index contributed by atoms with van der Waals surface area (Å²) in [5.41, 5.74) is 21.0. The summed E-state index contributed by atoms with van der Waals surface area (Å²) in [4.78, 5) is 0. The van der Waals surface area contributed by atoms with Crippen molar-refractivity contribution >= 4 is 43.1 Å². The monoisotopic (exact) mass is 857 g/mol. The molecule has 0 unspecified atom stereocenters. The maximum Gasteiger partial charge on any atom is 0.0991 e. The summed E-state index contributed by atoms with van der Waals surface area (Å²) in [6, 6.07) is 41.2. The van der Waals surface area contributed by atoms with Gasteiger partial charge in [0.25, 0.3) is 0 Å². The molecule has 0 atom stereocenters. The number of hydrogen-bond donors (Lipinski definition) is 0. The predicted octanol–water partition coefficient (Wildman–Crippen LogP) is 15.2. The molecule has 0 aliphatic heterocycles. The third-order valence-corrected chi connectivity index (χ3v) is 13.1. The second-order valence-electron chi connectivity index (χ2n) is 18.5. The molecule has 0 aromatic heterocycles. The highest BCUT2D eigenvalue weighted by atomic mass is 14.2. The Hall–Kier alpha value is -8.25. The van der Waals surface area contributed by atoms with Crippen molar-refractivity contribution in [2.75, 3.05) is 0 Å². The Morgan fingerprint density at radius 1 is 0.254 bits per heavy atom. The number of rotatable bonds is 0. The van der Waals surface area contributed by atoms with E-state index in [4.69, 9.17) is 0 Å². The number of nitrogens with zero attached hydrogens (tertiary/aromatic N) is 1. The minimum atomic E-state index is 0.633. The van der Waals surface area contributed by atoms with E-state index >= 15 is 0 Å². The van der Waals surface area contributed by atoms with Crippen molar-refractivity contribution in [1.82, 2.24) is 0 Å². The van der Waals surface area contributed by atoms with Crippen molar-refractivity contribution in [3.8, 4) is 53.4 Å². The van der Waals surface area contributed by atoms with Crippen LogP contribution in [-0.4, -0.2) is 0 Å². The molecule has 320 valence electrons. The Labute approximate surface area is 396 Å². The van der Waals surface area contributed by atoms with Crippen molar-refractivity contribution in [1.29, 1.82) is 5.26 Å². The smallest absolute Gasteiger partial charge is 0.0991 e. The summed E-state index contributed by atoms with van der Waals surface area (Å²) < 4.78 is 0. The maximum absolute atomic E-state index is 9.75. The molecule has 9 aromatic carbocycles. The van der Waals surface area contributed by atoms with Crippen molar-refractivity contribution in [2.45, 2.75) is 76.2 Å². The van der Waals surface area contributed by atoms with Gasteiger partial charge in [-0.1, -0.05) is 149 Å². The van der Waals surface area contributed by atoms with E-state index in [1.54, 1.807) is 0 Å². The van der Waals surface area contributed by atoms with Crippen LogP contribution in [0.4, 0.5) is 0 Å². The van der Waals surface area contributed by atoms with Gasteiger partial charge >= 0.3 is 0 Å². The van der Waals surface area contributed by atoms with E-state index in [0.717, 1.165) is 132 Å². The molecule has 0 bridgehead atoms. The molecule has 0 aliphatic carbocycles. The minimum Gasteiger partial charge on any atom is -0.192 e. The summed E-state index contributed by atoms with van der Waals surface area (Å²) in [5, 5.41) is 17.9. The quantitative estimate of drug-likeness (QED) is 0.110. The van der Waals surface area contributed by atoms with Gasteiger partial charge in [-0.25, -0.2) is 0 Å². The van der Waals surface area contributed by atoms with Crippen molar-refractivity contribution in [2.24, 2.45) is 0 Å². The van der Waals surface area contributed by atoms with Crippen LogP contribution in [-0.2, 0) is 0 Å². The van der Waals surface area contributed by atoms with E-state index in [0.29, 0.717) is 5.56 Å². The molecule has 0 amide bonds. The van der Waals surface area contributed by atoms with Gasteiger partial charge in [-0.3, -0.25) is 0 Å². The molecule has 0 N–H and O–H groups in total. The molecule has 0 radical (unpaired) electrons. The zero-order valence-corrected chi connectivity index (χ0v) is 40.3. The maximum atomic E-state index is 9.75. The Morgan fingerprint density at radius 2 is 0.463 bits per heavy atom. The minimum absolute atomic E-state index is 0.633. The largest absolute Gasteiger partial charge is 0.192 e. The van der Waals surface area contributed by atoms with Crippen LogP contribution in [0, 0.1) is 135 Å². The van der Waals surface area contributed by atoms with E-state index in [2.05, 4.69) is 213 Å². The van der Waals surface area contributed by atoms with E-state index in [9.17, 15) is 5.26 Å². The molecule has 9 rings (SSSR count). The first-order chi connectivity index (χ1) is 32.2. The molecular weight excluding hydrogens is 807 g/mol. The van der Waals surface area contributed by atoms with E-state index in [1.807, 2.05) is 26.0 Å². The van der Waals surface area contributed by atoms with Crippen molar-refractivity contribution in [3.63, 3.8) is 0 Å². The lowest BCUT2D eigenvalue weighted by molar-refractivity contribution is 1.30. The lowest BCUT2D eigenvalue weighted by Crippen LogP contribution is -1.96.